The molecule has 1 N–H and O–H groups in total. The van der Waals surface area contributed by atoms with Crippen molar-refractivity contribution in [1.82, 2.24) is 15.1 Å². The molecule has 4 heteroatoms. The summed E-state index contributed by atoms with van der Waals surface area (Å²) >= 11 is 1.84. The first-order chi connectivity index (χ1) is 9.15. The molecule has 104 valence electrons. The zero-order valence-corrected chi connectivity index (χ0v) is 13.0. The monoisotopic (exact) mass is 277 g/mol. The van der Waals surface area contributed by atoms with Gasteiger partial charge in [0, 0.05) is 29.6 Å². The third kappa shape index (κ3) is 3.25. The molecule has 1 unspecified atom stereocenters. The Morgan fingerprint density at radius 1 is 1.37 bits per heavy atom. The topological polar surface area (TPSA) is 29.9 Å². The third-order valence-electron chi connectivity index (χ3n) is 3.37. The van der Waals surface area contributed by atoms with Gasteiger partial charge in [-0.2, -0.15) is 5.10 Å². The minimum absolute atomic E-state index is 0.395. The summed E-state index contributed by atoms with van der Waals surface area (Å²) in [6.45, 7) is 10.5. The molecule has 3 nitrogen and oxygen atoms in total. The maximum Gasteiger partial charge on any atom is 0.0596 e. The average Bonchev–Trinajstić information content (AvgIpc) is 2.94. The van der Waals surface area contributed by atoms with Crippen molar-refractivity contribution in [2.24, 2.45) is 0 Å². The van der Waals surface area contributed by atoms with Crippen molar-refractivity contribution in [3.8, 4) is 0 Å². The zero-order valence-electron chi connectivity index (χ0n) is 12.2. The fourth-order valence-corrected chi connectivity index (χ4v) is 3.50. The standard InChI is InChI=1S/C15H23N3S/c1-5-16-14(15-11(3)7-8-19-15)10-13-9-12(4)17-18(13)6-2/h7-9,14,16H,5-6,10H2,1-4H3. The second kappa shape index (κ2) is 6.35. The van der Waals surface area contributed by atoms with Crippen molar-refractivity contribution in [2.45, 2.75) is 46.7 Å². The number of aryl methyl sites for hydroxylation is 3. The van der Waals surface area contributed by atoms with E-state index in [0.29, 0.717) is 6.04 Å². The Balaban J connectivity index is 2.23. The Morgan fingerprint density at radius 3 is 2.74 bits per heavy atom. The molecule has 0 fully saturated rings. The molecule has 19 heavy (non-hydrogen) atoms. The van der Waals surface area contributed by atoms with Gasteiger partial charge in [-0.1, -0.05) is 6.92 Å². The molecule has 0 aliphatic rings. The van der Waals surface area contributed by atoms with Crippen LogP contribution in [0.15, 0.2) is 17.5 Å². The van der Waals surface area contributed by atoms with Crippen molar-refractivity contribution < 1.29 is 0 Å². The number of hydrogen-bond acceptors (Lipinski definition) is 3. The first-order valence-corrected chi connectivity index (χ1v) is 7.84. The highest BCUT2D eigenvalue weighted by Crippen LogP contribution is 2.27. The van der Waals surface area contributed by atoms with Gasteiger partial charge in [-0.25, -0.2) is 0 Å². The van der Waals surface area contributed by atoms with Crippen LogP contribution in [0.2, 0.25) is 0 Å². The highest BCUT2D eigenvalue weighted by atomic mass is 32.1. The minimum Gasteiger partial charge on any atom is -0.309 e. The Morgan fingerprint density at radius 2 is 2.16 bits per heavy atom. The fraction of sp³-hybridized carbons (Fsp3) is 0.533. The Bertz CT molecular complexity index is 527. The highest BCUT2D eigenvalue weighted by molar-refractivity contribution is 7.10. The van der Waals surface area contributed by atoms with E-state index in [0.717, 1.165) is 25.2 Å². The van der Waals surface area contributed by atoms with E-state index in [1.807, 2.05) is 11.3 Å². The van der Waals surface area contributed by atoms with Gasteiger partial charge < -0.3 is 5.32 Å². The first kappa shape index (κ1) is 14.3. The van der Waals surface area contributed by atoms with Crippen LogP contribution in [0.3, 0.4) is 0 Å². The maximum atomic E-state index is 4.54. The number of hydrogen-bond donors (Lipinski definition) is 1. The van der Waals surface area contributed by atoms with Crippen LogP contribution in [-0.4, -0.2) is 16.3 Å². The summed E-state index contributed by atoms with van der Waals surface area (Å²) in [5.74, 6) is 0. The van der Waals surface area contributed by atoms with Gasteiger partial charge in [-0.3, -0.25) is 4.68 Å². The molecule has 1 atom stereocenters. The molecule has 2 rings (SSSR count). The normalized spacial score (nSPS) is 12.8. The van der Waals surface area contributed by atoms with E-state index in [2.05, 4.69) is 60.3 Å². The van der Waals surface area contributed by atoms with Gasteiger partial charge >= 0.3 is 0 Å². The second-order valence-electron chi connectivity index (χ2n) is 4.88. The van der Waals surface area contributed by atoms with E-state index in [9.17, 15) is 0 Å². The molecule has 2 aromatic rings. The van der Waals surface area contributed by atoms with Crippen LogP contribution in [0.1, 0.15) is 41.7 Å². The van der Waals surface area contributed by atoms with E-state index in [1.165, 1.54) is 16.1 Å². The molecule has 0 saturated carbocycles. The van der Waals surface area contributed by atoms with Crippen LogP contribution in [0, 0.1) is 13.8 Å². The van der Waals surface area contributed by atoms with Crippen LogP contribution >= 0.6 is 11.3 Å². The van der Waals surface area contributed by atoms with Gasteiger partial charge in [0.2, 0.25) is 0 Å². The predicted molar refractivity (Wildman–Crippen MR) is 81.8 cm³/mol. The largest absolute Gasteiger partial charge is 0.309 e. The number of aromatic nitrogens is 2. The van der Waals surface area contributed by atoms with Crippen molar-refractivity contribution in [1.29, 1.82) is 0 Å². The van der Waals surface area contributed by atoms with Gasteiger partial charge in [0.05, 0.1) is 5.69 Å². The number of nitrogens with zero attached hydrogens (tertiary/aromatic N) is 2. The lowest BCUT2D eigenvalue weighted by Gasteiger charge is -2.18. The summed E-state index contributed by atoms with van der Waals surface area (Å²) in [5, 5.41) is 10.3. The summed E-state index contributed by atoms with van der Waals surface area (Å²) in [5.41, 5.74) is 3.81. The summed E-state index contributed by atoms with van der Waals surface area (Å²) in [7, 11) is 0. The molecular weight excluding hydrogens is 254 g/mol. The summed E-state index contributed by atoms with van der Waals surface area (Å²) in [6, 6.07) is 4.80. The number of likely N-dealkylation sites (N-methyl/N-ethyl adjacent to an activating group) is 1. The van der Waals surface area contributed by atoms with E-state index >= 15 is 0 Å². The lowest BCUT2D eigenvalue weighted by atomic mass is 10.1. The Labute approximate surface area is 119 Å². The smallest absolute Gasteiger partial charge is 0.0596 e. The van der Waals surface area contributed by atoms with Gasteiger partial charge in [-0.15, -0.1) is 11.3 Å². The second-order valence-corrected chi connectivity index (χ2v) is 5.82. The average molecular weight is 277 g/mol. The SMILES string of the molecule is CCNC(Cc1cc(C)nn1CC)c1sccc1C. The number of rotatable bonds is 6. The van der Waals surface area contributed by atoms with Crippen molar-refractivity contribution in [2.75, 3.05) is 6.54 Å². The van der Waals surface area contributed by atoms with Gasteiger partial charge in [0.1, 0.15) is 0 Å². The lowest BCUT2D eigenvalue weighted by molar-refractivity contribution is 0.520. The molecule has 0 aliphatic carbocycles. The Kier molecular flexibility index (Phi) is 4.77. The molecule has 0 saturated heterocycles. The van der Waals surface area contributed by atoms with E-state index in [4.69, 9.17) is 0 Å². The highest BCUT2D eigenvalue weighted by Gasteiger charge is 2.17. The zero-order chi connectivity index (χ0) is 13.8. The number of thiophene rings is 1. The van der Waals surface area contributed by atoms with Crippen LogP contribution in [0.5, 0.6) is 0 Å². The van der Waals surface area contributed by atoms with Crippen molar-refractivity contribution in [3.63, 3.8) is 0 Å². The Hall–Kier alpha value is -1.13. The first-order valence-electron chi connectivity index (χ1n) is 6.96. The van der Waals surface area contributed by atoms with Crippen LogP contribution < -0.4 is 5.32 Å². The van der Waals surface area contributed by atoms with Crippen LogP contribution in [-0.2, 0) is 13.0 Å². The molecule has 0 radical (unpaired) electrons. The molecular formula is C15H23N3S. The molecule has 2 aromatic heterocycles. The van der Waals surface area contributed by atoms with E-state index in [1.54, 1.807) is 0 Å². The van der Waals surface area contributed by atoms with Crippen molar-refractivity contribution in [3.05, 3.63) is 39.3 Å². The van der Waals surface area contributed by atoms with Crippen LogP contribution in [0.25, 0.3) is 0 Å². The molecule has 0 aromatic carbocycles. The lowest BCUT2D eigenvalue weighted by Crippen LogP contribution is -2.23. The van der Waals surface area contributed by atoms with Gasteiger partial charge in [0.15, 0.2) is 0 Å². The van der Waals surface area contributed by atoms with Crippen LogP contribution in [0.4, 0.5) is 0 Å². The minimum atomic E-state index is 0.395. The van der Waals surface area contributed by atoms with E-state index in [-0.39, 0.29) is 0 Å². The van der Waals surface area contributed by atoms with Crippen molar-refractivity contribution >= 4 is 11.3 Å². The summed E-state index contributed by atoms with van der Waals surface area (Å²) in [6.07, 6.45) is 1.00. The third-order valence-corrected chi connectivity index (χ3v) is 4.50. The quantitative estimate of drug-likeness (QED) is 0.876. The van der Waals surface area contributed by atoms with Gasteiger partial charge in [0.25, 0.3) is 0 Å². The molecule has 0 spiro atoms. The predicted octanol–water partition coefficient (Wildman–Crippen LogP) is 3.47. The van der Waals surface area contributed by atoms with E-state index < -0.39 is 0 Å². The van der Waals surface area contributed by atoms with Gasteiger partial charge in [-0.05, 0) is 50.4 Å². The molecule has 0 bridgehead atoms. The maximum absolute atomic E-state index is 4.54. The summed E-state index contributed by atoms with van der Waals surface area (Å²) < 4.78 is 2.11. The summed E-state index contributed by atoms with van der Waals surface area (Å²) in [4.78, 5) is 1.45. The molecule has 0 aliphatic heterocycles. The molecule has 0 amide bonds. The fourth-order valence-electron chi connectivity index (χ4n) is 2.49. The molecule has 2 heterocycles. The number of nitrogens with one attached hydrogen (secondary N) is 1.